The summed E-state index contributed by atoms with van der Waals surface area (Å²) < 4.78 is 0. The number of hydrogen-bond donors (Lipinski definition) is 1. The van der Waals surface area contributed by atoms with Crippen LogP contribution in [0.4, 0.5) is 0 Å². The van der Waals surface area contributed by atoms with E-state index in [-0.39, 0.29) is 0 Å². The van der Waals surface area contributed by atoms with Gasteiger partial charge >= 0.3 is 0 Å². The fourth-order valence-corrected chi connectivity index (χ4v) is 2.78. The molecule has 1 nitrogen and oxygen atoms in total. The van der Waals surface area contributed by atoms with Crippen LogP contribution < -0.4 is 5.32 Å². The second-order valence-electron chi connectivity index (χ2n) is 5.16. The van der Waals surface area contributed by atoms with Crippen LogP contribution in [0.2, 0.25) is 0 Å². The third-order valence-electron chi connectivity index (χ3n) is 3.67. The van der Waals surface area contributed by atoms with Crippen molar-refractivity contribution in [2.45, 2.75) is 52.9 Å². The zero-order chi connectivity index (χ0) is 10.4. The van der Waals surface area contributed by atoms with Crippen LogP contribution in [-0.4, -0.2) is 13.1 Å². The van der Waals surface area contributed by atoms with E-state index < -0.39 is 0 Å². The first-order valence-electron chi connectivity index (χ1n) is 6.46. The quantitative estimate of drug-likeness (QED) is 0.643. The Morgan fingerprint density at radius 2 is 1.86 bits per heavy atom. The molecule has 1 fully saturated rings. The van der Waals surface area contributed by atoms with Crippen molar-refractivity contribution in [2.75, 3.05) is 13.1 Å². The van der Waals surface area contributed by atoms with E-state index in [1.807, 2.05) is 0 Å². The van der Waals surface area contributed by atoms with Crippen molar-refractivity contribution in [1.82, 2.24) is 5.32 Å². The molecule has 0 aliphatic heterocycles. The number of hydrogen-bond acceptors (Lipinski definition) is 1. The van der Waals surface area contributed by atoms with Gasteiger partial charge in [0.25, 0.3) is 0 Å². The summed E-state index contributed by atoms with van der Waals surface area (Å²) >= 11 is 0. The maximum atomic E-state index is 3.59. The molecule has 0 radical (unpaired) electrons. The van der Waals surface area contributed by atoms with Crippen molar-refractivity contribution in [3.05, 3.63) is 0 Å². The highest BCUT2D eigenvalue weighted by atomic mass is 14.9. The van der Waals surface area contributed by atoms with E-state index in [1.54, 1.807) is 0 Å². The second-order valence-corrected chi connectivity index (χ2v) is 5.16. The van der Waals surface area contributed by atoms with Gasteiger partial charge in [-0.25, -0.2) is 0 Å². The fourth-order valence-electron chi connectivity index (χ4n) is 2.78. The van der Waals surface area contributed by atoms with Gasteiger partial charge in [0.1, 0.15) is 0 Å². The molecule has 0 aromatic rings. The van der Waals surface area contributed by atoms with Crippen molar-refractivity contribution < 1.29 is 0 Å². The SMILES string of the molecule is CCCNCC(C(C)C)C1CCCC1. The van der Waals surface area contributed by atoms with Crippen molar-refractivity contribution in [2.24, 2.45) is 17.8 Å². The van der Waals surface area contributed by atoms with E-state index in [2.05, 4.69) is 26.1 Å². The summed E-state index contributed by atoms with van der Waals surface area (Å²) in [5.41, 5.74) is 0. The summed E-state index contributed by atoms with van der Waals surface area (Å²) in [7, 11) is 0. The van der Waals surface area contributed by atoms with Gasteiger partial charge in [0, 0.05) is 0 Å². The molecule has 0 saturated heterocycles. The van der Waals surface area contributed by atoms with Crippen molar-refractivity contribution in [1.29, 1.82) is 0 Å². The van der Waals surface area contributed by atoms with Gasteiger partial charge in [0.2, 0.25) is 0 Å². The van der Waals surface area contributed by atoms with E-state index in [9.17, 15) is 0 Å². The lowest BCUT2D eigenvalue weighted by molar-refractivity contribution is 0.248. The van der Waals surface area contributed by atoms with Gasteiger partial charge in [0.15, 0.2) is 0 Å². The van der Waals surface area contributed by atoms with E-state index in [1.165, 1.54) is 45.2 Å². The summed E-state index contributed by atoms with van der Waals surface area (Å²) in [6.45, 7) is 9.45. The van der Waals surface area contributed by atoms with Gasteiger partial charge in [0.05, 0.1) is 0 Å². The smallest absolute Gasteiger partial charge is 0.00154 e. The highest BCUT2D eigenvalue weighted by Gasteiger charge is 2.26. The molecule has 1 aliphatic carbocycles. The number of nitrogens with one attached hydrogen (secondary N) is 1. The van der Waals surface area contributed by atoms with Gasteiger partial charge in [-0.05, 0) is 37.3 Å². The Bertz CT molecular complexity index is 136. The van der Waals surface area contributed by atoms with Crippen LogP contribution in [0.15, 0.2) is 0 Å². The topological polar surface area (TPSA) is 12.0 Å². The summed E-state index contributed by atoms with van der Waals surface area (Å²) in [6.07, 6.45) is 7.17. The van der Waals surface area contributed by atoms with Crippen LogP contribution in [0, 0.1) is 17.8 Å². The Kier molecular flexibility index (Phi) is 5.54. The molecule has 0 heterocycles. The highest BCUT2D eigenvalue weighted by Crippen LogP contribution is 2.34. The molecular formula is C13H27N. The Morgan fingerprint density at radius 3 is 2.36 bits per heavy atom. The molecule has 1 unspecified atom stereocenters. The summed E-state index contributed by atoms with van der Waals surface area (Å²) in [4.78, 5) is 0. The Labute approximate surface area is 89.7 Å². The first-order chi connectivity index (χ1) is 6.75. The van der Waals surface area contributed by atoms with Gasteiger partial charge in [-0.2, -0.15) is 0 Å². The summed E-state index contributed by atoms with van der Waals surface area (Å²) in [6, 6.07) is 0. The molecule has 0 bridgehead atoms. The molecule has 1 saturated carbocycles. The van der Waals surface area contributed by atoms with Gasteiger partial charge < -0.3 is 5.32 Å². The minimum Gasteiger partial charge on any atom is -0.316 e. The molecule has 1 heteroatoms. The molecular weight excluding hydrogens is 170 g/mol. The molecule has 1 N–H and O–H groups in total. The first kappa shape index (κ1) is 12.0. The molecule has 84 valence electrons. The zero-order valence-corrected chi connectivity index (χ0v) is 10.2. The average molecular weight is 197 g/mol. The third kappa shape index (κ3) is 3.61. The Morgan fingerprint density at radius 1 is 1.21 bits per heavy atom. The molecule has 1 rings (SSSR count). The van der Waals surface area contributed by atoms with Gasteiger partial charge in [-0.3, -0.25) is 0 Å². The van der Waals surface area contributed by atoms with Crippen LogP contribution in [0.5, 0.6) is 0 Å². The monoisotopic (exact) mass is 197 g/mol. The van der Waals surface area contributed by atoms with Crippen molar-refractivity contribution in [3.63, 3.8) is 0 Å². The normalized spacial score (nSPS) is 20.6. The standard InChI is InChI=1S/C13H27N/c1-4-9-14-10-13(11(2)3)12-7-5-6-8-12/h11-14H,4-10H2,1-3H3. The van der Waals surface area contributed by atoms with E-state index in [4.69, 9.17) is 0 Å². The minimum atomic E-state index is 0.849. The molecule has 0 amide bonds. The predicted octanol–water partition coefficient (Wildman–Crippen LogP) is 3.45. The molecule has 0 aromatic heterocycles. The Balaban J connectivity index is 2.30. The van der Waals surface area contributed by atoms with E-state index in [0.29, 0.717) is 0 Å². The lowest BCUT2D eigenvalue weighted by atomic mass is 9.82. The molecule has 14 heavy (non-hydrogen) atoms. The summed E-state index contributed by atoms with van der Waals surface area (Å²) in [5.74, 6) is 2.78. The zero-order valence-electron chi connectivity index (χ0n) is 10.2. The van der Waals surface area contributed by atoms with Crippen LogP contribution in [-0.2, 0) is 0 Å². The predicted molar refractivity (Wildman–Crippen MR) is 63.4 cm³/mol. The second kappa shape index (κ2) is 6.44. The van der Waals surface area contributed by atoms with E-state index in [0.717, 1.165) is 17.8 Å². The van der Waals surface area contributed by atoms with Crippen LogP contribution in [0.1, 0.15) is 52.9 Å². The van der Waals surface area contributed by atoms with Crippen LogP contribution in [0.3, 0.4) is 0 Å². The van der Waals surface area contributed by atoms with Crippen molar-refractivity contribution in [3.8, 4) is 0 Å². The van der Waals surface area contributed by atoms with Crippen LogP contribution >= 0.6 is 0 Å². The van der Waals surface area contributed by atoms with Gasteiger partial charge in [-0.1, -0.05) is 46.5 Å². The largest absolute Gasteiger partial charge is 0.316 e. The van der Waals surface area contributed by atoms with Crippen LogP contribution in [0.25, 0.3) is 0 Å². The maximum absolute atomic E-state index is 3.59. The molecule has 1 atom stereocenters. The highest BCUT2D eigenvalue weighted by molar-refractivity contribution is 4.78. The molecule has 0 spiro atoms. The molecule has 0 aromatic carbocycles. The van der Waals surface area contributed by atoms with E-state index >= 15 is 0 Å². The van der Waals surface area contributed by atoms with Crippen molar-refractivity contribution >= 4 is 0 Å². The lowest BCUT2D eigenvalue weighted by Gasteiger charge is -2.27. The van der Waals surface area contributed by atoms with Gasteiger partial charge in [-0.15, -0.1) is 0 Å². The maximum Gasteiger partial charge on any atom is -0.00154 e. The third-order valence-corrected chi connectivity index (χ3v) is 3.67. The molecule has 1 aliphatic rings. The fraction of sp³-hybridized carbons (Fsp3) is 1.00. The summed E-state index contributed by atoms with van der Waals surface area (Å²) in [5, 5.41) is 3.59. The lowest BCUT2D eigenvalue weighted by Crippen LogP contribution is -2.31. The Hall–Kier alpha value is -0.0400. The number of rotatable bonds is 6. The minimum absolute atomic E-state index is 0.849. The first-order valence-corrected chi connectivity index (χ1v) is 6.46. The average Bonchev–Trinajstić information content (AvgIpc) is 2.64.